The maximum atomic E-state index is 12.8. The van der Waals surface area contributed by atoms with E-state index in [-0.39, 0.29) is 17.2 Å². The van der Waals surface area contributed by atoms with Crippen molar-refractivity contribution in [2.24, 2.45) is 0 Å². The van der Waals surface area contributed by atoms with Crippen LogP contribution in [0.3, 0.4) is 0 Å². The molecular formula is C25H23F2N5O4. The van der Waals surface area contributed by atoms with Gasteiger partial charge < -0.3 is 19.7 Å². The SMILES string of the molecule is O=C(c1ccc(OC(F)F)cc1)N1CCC(O)(Cc2cccc(-n3ncc4c(=O)[nH]cnc43)c2)CC1. The van der Waals surface area contributed by atoms with Crippen LogP contribution in [0.25, 0.3) is 16.7 Å². The van der Waals surface area contributed by atoms with Crippen molar-refractivity contribution >= 4 is 16.9 Å². The quantitative estimate of drug-likeness (QED) is 0.425. The zero-order chi connectivity index (χ0) is 25.3. The molecule has 186 valence electrons. The van der Waals surface area contributed by atoms with Crippen LogP contribution in [0.2, 0.25) is 0 Å². The number of halogens is 2. The zero-order valence-electron chi connectivity index (χ0n) is 19.1. The summed E-state index contributed by atoms with van der Waals surface area (Å²) < 4.78 is 30.6. The minimum Gasteiger partial charge on any atom is -0.435 e. The maximum Gasteiger partial charge on any atom is 0.387 e. The molecule has 4 aromatic rings. The fourth-order valence-electron chi connectivity index (χ4n) is 4.49. The third-order valence-corrected chi connectivity index (χ3v) is 6.37. The van der Waals surface area contributed by atoms with Gasteiger partial charge in [-0.3, -0.25) is 9.59 Å². The predicted octanol–water partition coefficient (Wildman–Crippen LogP) is 2.92. The third kappa shape index (κ3) is 4.82. The molecule has 1 aliphatic heterocycles. The van der Waals surface area contributed by atoms with Crippen LogP contribution in [0.15, 0.2) is 65.8 Å². The largest absolute Gasteiger partial charge is 0.435 e. The van der Waals surface area contributed by atoms with Crippen LogP contribution in [0.5, 0.6) is 5.75 Å². The Balaban J connectivity index is 1.25. The Morgan fingerprint density at radius 3 is 2.64 bits per heavy atom. The number of aromatic amines is 1. The highest BCUT2D eigenvalue weighted by atomic mass is 19.3. The van der Waals surface area contributed by atoms with E-state index in [1.165, 1.54) is 36.8 Å². The van der Waals surface area contributed by atoms with Gasteiger partial charge in [0, 0.05) is 25.1 Å². The van der Waals surface area contributed by atoms with Crippen LogP contribution < -0.4 is 10.3 Å². The Kier molecular flexibility index (Phi) is 6.23. The van der Waals surface area contributed by atoms with Crippen molar-refractivity contribution in [2.75, 3.05) is 13.1 Å². The molecule has 5 rings (SSSR count). The number of nitrogens with zero attached hydrogens (tertiary/aromatic N) is 4. The van der Waals surface area contributed by atoms with Crippen molar-refractivity contribution in [3.05, 3.63) is 82.5 Å². The molecule has 1 amide bonds. The number of rotatable bonds is 6. The van der Waals surface area contributed by atoms with Gasteiger partial charge in [-0.15, -0.1) is 0 Å². The minimum atomic E-state index is -2.92. The lowest BCUT2D eigenvalue weighted by atomic mass is 9.85. The molecular weight excluding hydrogens is 472 g/mol. The summed E-state index contributed by atoms with van der Waals surface area (Å²) >= 11 is 0. The van der Waals surface area contributed by atoms with E-state index in [1.807, 2.05) is 24.3 Å². The van der Waals surface area contributed by atoms with Crippen LogP contribution in [0, 0.1) is 0 Å². The Labute approximate surface area is 204 Å². The second kappa shape index (κ2) is 9.50. The number of hydrogen-bond acceptors (Lipinski definition) is 6. The zero-order valence-corrected chi connectivity index (χ0v) is 19.1. The Bertz CT molecular complexity index is 1440. The van der Waals surface area contributed by atoms with Crippen molar-refractivity contribution in [1.29, 1.82) is 0 Å². The number of H-pyrrole nitrogens is 1. The number of fused-ring (bicyclic) bond motifs is 1. The summed E-state index contributed by atoms with van der Waals surface area (Å²) in [6.07, 6.45) is 3.95. The summed E-state index contributed by atoms with van der Waals surface area (Å²) in [5, 5.41) is 15.9. The van der Waals surface area contributed by atoms with E-state index in [2.05, 4.69) is 19.8 Å². The topological polar surface area (TPSA) is 113 Å². The molecule has 11 heteroatoms. The molecule has 1 saturated heterocycles. The number of ether oxygens (including phenoxy) is 1. The van der Waals surface area contributed by atoms with Gasteiger partial charge in [-0.2, -0.15) is 13.9 Å². The number of likely N-dealkylation sites (tertiary alicyclic amines) is 1. The normalized spacial score (nSPS) is 15.4. The number of benzene rings is 2. The van der Waals surface area contributed by atoms with Gasteiger partial charge in [0.15, 0.2) is 5.65 Å². The molecule has 9 nitrogen and oxygen atoms in total. The summed E-state index contributed by atoms with van der Waals surface area (Å²) in [6, 6.07) is 13.1. The minimum absolute atomic E-state index is 0.0116. The molecule has 2 N–H and O–H groups in total. The lowest BCUT2D eigenvalue weighted by Gasteiger charge is -2.38. The summed E-state index contributed by atoms with van der Waals surface area (Å²) in [7, 11) is 0. The smallest absolute Gasteiger partial charge is 0.387 e. The number of alkyl halides is 2. The van der Waals surface area contributed by atoms with Gasteiger partial charge in [-0.05, 0) is 54.8 Å². The number of nitrogens with one attached hydrogen (secondary N) is 1. The summed E-state index contributed by atoms with van der Waals surface area (Å²) in [5.74, 6) is -0.238. The van der Waals surface area contributed by atoms with Crippen LogP contribution in [0.4, 0.5) is 8.78 Å². The number of carbonyl (C=O) groups excluding carboxylic acids is 1. The fourth-order valence-corrected chi connectivity index (χ4v) is 4.49. The molecule has 3 heterocycles. The van der Waals surface area contributed by atoms with E-state index in [4.69, 9.17) is 0 Å². The monoisotopic (exact) mass is 495 g/mol. The molecule has 36 heavy (non-hydrogen) atoms. The van der Waals surface area contributed by atoms with Gasteiger partial charge in [0.05, 0.1) is 23.8 Å². The number of hydrogen-bond donors (Lipinski definition) is 2. The first kappa shape index (κ1) is 23.6. The van der Waals surface area contributed by atoms with E-state index in [9.17, 15) is 23.5 Å². The van der Waals surface area contributed by atoms with Gasteiger partial charge >= 0.3 is 6.61 Å². The average molecular weight is 495 g/mol. The van der Waals surface area contributed by atoms with Gasteiger partial charge in [0.2, 0.25) is 0 Å². The van der Waals surface area contributed by atoms with Gasteiger partial charge in [0.1, 0.15) is 11.1 Å². The van der Waals surface area contributed by atoms with E-state index < -0.39 is 12.2 Å². The number of aromatic nitrogens is 4. The summed E-state index contributed by atoms with van der Waals surface area (Å²) in [6.45, 7) is -2.20. The molecule has 0 aliphatic carbocycles. The molecule has 2 aromatic heterocycles. The van der Waals surface area contributed by atoms with Gasteiger partial charge in [0.25, 0.3) is 11.5 Å². The number of piperidine rings is 1. The average Bonchev–Trinajstić information content (AvgIpc) is 3.30. The van der Waals surface area contributed by atoms with Crippen molar-refractivity contribution in [3.63, 3.8) is 0 Å². The van der Waals surface area contributed by atoms with Gasteiger partial charge in [-0.1, -0.05) is 12.1 Å². The van der Waals surface area contributed by atoms with E-state index >= 15 is 0 Å². The number of aliphatic hydroxyl groups is 1. The molecule has 0 spiro atoms. The van der Waals surface area contributed by atoms with Crippen molar-refractivity contribution in [3.8, 4) is 11.4 Å². The number of amides is 1. The van der Waals surface area contributed by atoms with E-state index in [0.717, 1.165) is 11.3 Å². The van der Waals surface area contributed by atoms with E-state index in [1.54, 1.807) is 9.58 Å². The van der Waals surface area contributed by atoms with Gasteiger partial charge in [-0.25, -0.2) is 9.67 Å². The van der Waals surface area contributed by atoms with Crippen LogP contribution in [0.1, 0.15) is 28.8 Å². The first-order valence-electron chi connectivity index (χ1n) is 11.4. The first-order valence-corrected chi connectivity index (χ1v) is 11.4. The van der Waals surface area contributed by atoms with Crippen LogP contribution in [-0.2, 0) is 6.42 Å². The van der Waals surface area contributed by atoms with Crippen LogP contribution >= 0.6 is 0 Å². The predicted molar refractivity (Wildman–Crippen MR) is 126 cm³/mol. The molecule has 0 saturated carbocycles. The first-order chi connectivity index (χ1) is 17.3. The molecule has 1 aliphatic rings. The Morgan fingerprint density at radius 2 is 1.92 bits per heavy atom. The fraction of sp³-hybridized carbons (Fsp3) is 0.280. The summed E-state index contributed by atoms with van der Waals surface area (Å²) in [4.78, 5) is 33.2. The molecule has 0 atom stereocenters. The standard InChI is InChI=1S/C25H23F2N5O4/c26-24(27)36-19-6-4-17(5-7-19)23(34)31-10-8-25(35,9-11-31)13-16-2-1-3-18(12-16)32-21-20(14-30-32)22(33)29-15-28-21/h1-7,12,14-15,24,35H,8-11,13H2,(H,28,29,33). The highest BCUT2D eigenvalue weighted by Crippen LogP contribution is 2.28. The Hall–Kier alpha value is -4.12. The molecule has 0 bridgehead atoms. The highest BCUT2D eigenvalue weighted by molar-refractivity contribution is 5.94. The molecule has 1 fully saturated rings. The van der Waals surface area contributed by atoms with Crippen molar-refractivity contribution in [2.45, 2.75) is 31.5 Å². The third-order valence-electron chi connectivity index (χ3n) is 6.37. The summed E-state index contributed by atoms with van der Waals surface area (Å²) in [5.41, 5.74) is 1.15. The van der Waals surface area contributed by atoms with Crippen molar-refractivity contribution < 1.29 is 23.4 Å². The lowest BCUT2D eigenvalue weighted by molar-refractivity contribution is -0.0498. The second-order valence-corrected chi connectivity index (χ2v) is 8.79. The number of carbonyl (C=O) groups is 1. The van der Waals surface area contributed by atoms with Crippen molar-refractivity contribution in [1.82, 2.24) is 24.6 Å². The maximum absolute atomic E-state index is 12.8. The second-order valence-electron chi connectivity index (χ2n) is 8.79. The van der Waals surface area contributed by atoms with Crippen LogP contribution in [-0.4, -0.2) is 61.0 Å². The molecule has 0 radical (unpaired) electrons. The lowest BCUT2D eigenvalue weighted by Crippen LogP contribution is -2.47. The Morgan fingerprint density at radius 1 is 1.17 bits per heavy atom. The molecule has 2 aromatic carbocycles. The van der Waals surface area contributed by atoms with E-state index in [0.29, 0.717) is 48.9 Å². The molecule has 0 unspecified atom stereocenters. The highest BCUT2D eigenvalue weighted by Gasteiger charge is 2.34.